The van der Waals surface area contributed by atoms with Crippen LogP contribution >= 0.6 is 0 Å². The molecule has 2 saturated heterocycles. The zero-order valence-corrected chi connectivity index (χ0v) is 16.1. The van der Waals surface area contributed by atoms with E-state index < -0.39 is 0 Å². The van der Waals surface area contributed by atoms with Crippen molar-refractivity contribution in [1.82, 2.24) is 24.8 Å². The third-order valence-electron chi connectivity index (χ3n) is 5.50. The fraction of sp³-hybridized carbons (Fsp3) is 0.600. The molecule has 1 amide bonds. The van der Waals surface area contributed by atoms with Crippen LogP contribution in [-0.2, 0) is 9.53 Å². The molecule has 0 saturated carbocycles. The van der Waals surface area contributed by atoms with Gasteiger partial charge in [-0.3, -0.25) is 4.79 Å². The molecule has 144 valence electrons. The molecule has 1 atom stereocenters. The summed E-state index contributed by atoms with van der Waals surface area (Å²) in [5.74, 6) is 1.79. The average molecular weight is 369 g/mol. The highest BCUT2D eigenvalue weighted by molar-refractivity contribution is 5.79. The van der Waals surface area contributed by atoms with Crippen molar-refractivity contribution in [2.45, 2.75) is 52.0 Å². The number of carbonyl (C=O) groups is 1. The van der Waals surface area contributed by atoms with Gasteiger partial charge in [-0.15, -0.1) is 0 Å². The molecule has 0 spiro atoms. The first-order valence-corrected chi connectivity index (χ1v) is 9.87. The first-order chi connectivity index (χ1) is 13.1. The number of H-pyrrole nitrogens is 1. The van der Waals surface area contributed by atoms with Crippen LogP contribution in [0.5, 0.6) is 0 Å². The van der Waals surface area contributed by atoms with E-state index in [4.69, 9.17) is 9.72 Å². The number of hydrogen-bond acceptors (Lipinski definition) is 5. The highest BCUT2D eigenvalue weighted by Crippen LogP contribution is 2.33. The number of aromatic amines is 1. The summed E-state index contributed by atoms with van der Waals surface area (Å²) in [5, 5.41) is 0. The first-order valence-electron chi connectivity index (χ1n) is 9.87. The van der Waals surface area contributed by atoms with Gasteiger partial charge in [0.1, 0.15) is 11.5 Å². The van der Waals surface area contributed by atoms with Crippen LogP contribution in [0.1, 0.15) is 55.4 Å². The second kappa shape index (κ2) is 7.76. The lowest BCUT2D eigenvalue weighted by atomic mass is 9.93. The predicted octanol–water partition coefficient (Wildman–Crippen LogP) is 2.96. The van der Waals surface area contributed by atoms with Crippen LogP contribution in [0, 0.1) is 19.8 Å². The molecule has 2 aromatic heterocycles. The van der Waals surface area contributed by atoms with E-state index in [-0.39, 0.29) is 17.9 Å². The maximum atomic E-state index is 13.2. The smallest absolute Gasteiger partial charge is 0.226 e. The van der Waals surface area contributed by atoms with Crippen molar-refractivity contribution in [3.63, 3.8) is 0 Å². The summed E-state index contributed by atoms with van der Waals surface area (Å²) >= 11 is 0. The number of carbonyl (C=O) groups excluding carboxylic acids is 1. The summed E-state index contributed by atoms with van der Waals surface area (Å²) in [6.07, 6.45) is 6.56. The zero-order valence-electron chi connectivity index (χ0n) is 16.1. The van der Waals surface area contributed by atoms with E-state index in [1.807, 2.05) is 19.9 Å². The van der Waals surface area contributed by atoms with Gasteiger partial charge in [-0.2, -0.15) is 0 Å². The number of hydrogen-bond donors (Lipinski definition) is 1. The largest absolute Gasteiger partial charge is 0.381 e. The Kier molecular flexibility index (Phi) is 5.20. The molecular weight excluding hydrogens is 342 g/mol. The molecular formula is C20H27N5O2. The van der Waals surface area contributed by atoms with Crippen molar-refractivity contribution in [2.75, 3.05) is 19.8 Å². The molecule has 27 heavy (non-hydrogen) atoms. The number of imidazole rings is 1. The summed E-state index contributed by atoms with van der Waals surface area (Å²) in [6.45, 7) is 6.04. The molecule has 7 heteroatoms. The van der Waals surface area contributed by atoms with Crippen molar-refractivity contribution in [2.24, 2.45) is 5.92 Å². The molecule has 7 nitrogen and oxygen atoms in total. The van der Waals surface area contributed by atoms with E-state index in [9.17, 15) is 4.79 Å². The van der Waals surface area contributed by atoms with Crippen LogP contribution in [0.25, 0.3) is 11.5 Å². The maximum Gasteiger partial charge on any atom is 0.226 e. The Labute approximate surface area is 159 Å². The summed E-state index contributed by atoms with van der Waals surface area (Å²) in [4.78, 5) is 32.1. The first kappa shape index (κ1) is 18.1. The summed E-state index contributed by atoms with van der Waals surface area (Å²) in [7, 11) is 0. The van der Waals surface area contributed by atoms with Gasteiger partial charge < -0.3 is 14.6 Å². The summed E-state index contributed by atoms with van der Waals surface area (Å²) in [5.41, 5.74) is 2.71. The maximum absolute atomic E-state index is 13.2. The standard InChI is InChI=1S/C20H27N5O2/c1-13-12-21-19(22-13)17-11-16(23-14(2)24-17)18-5-3-4-8-25(18)20(26)15-6-9-27-10-7-15/h11-12,15,18H,3-10H2,1-2H3,(H,21,22)/t18-/m0/s1. The lowest BCUT2D eigenvalue weighted by molar-refractivity contribution is -0.142. The summed E-state index contributed by atoms with van der Waals surface area (Å²) < 4.78 is 5.43. The van der Waals surface area contributed by atoms with Crippen LogP contribution in [-0.4, -0.2) is 50.5 Å². The van der Waals surface area contributed by atoms with Gasteiger partial charge >= 0.3 is 0 Å². The molecule has 2 aliphatic heterocycles. The Morgan fingerprint density at radius 1 is 1.19 bits per heavy atom. The Balaban J connectivity index is 1.63. The van der Waals surface area contributed by atoms with Gasteiger partial charge in [0.2, 0.25) is 5.91 Å². The van der Waals surface area contributed by atoms with Crippen LogP contribution in [0.4, 0.5) is 0 Å². The molecule has 0 unspecified atom stereocenters. The Morgan fingerprint density at radius 2 is 2.00 bits per heavy atom. The van der Waals surface area contributed by atoms with E-state index in [1.165, 1.54) is 0 Å². The zero-order chi connectivity index (χ0) is 18.8. The quantitative estimate of drug-likeness (QED) is 0.899. The molecule has 0 aromatic carbocycles. The van der Waals surface area contributed by atoms with Crippen molar-refractivity contribution in [3.8, 4) is 11.5 Å². The van der Waals surface area contributed by atoms with Crippen LogP contribution in [0.3, 0.4) is 0 Å². The lowest BCUT2D eigenvalue weighted by Gasteiger charge is -2.38. The molecule has 2 fully saturated rings. The van der Waals surface area contributed by atoms with Gasteiger partial charge in [0.15, 0.2) is 5.82 Å². The monoisotopic (exact) mass is 369 g/mol. The SMILES string of the molecule is Cc1nc(-c2ncc(C)[nH]2)cc([C@@H]2CCCCN2C(=O)C2CCOCC2)n1. The number of piperidine rings is 1. The van der Waals surface area contributed by atoms with Crippen molar-refractivity contribution >= 4 is 5.91 Å². The number of nitrogens with one attached hydrogen (secondary N) is 1. The third kappa shape index (κ3) is 3.88. The van der Waals surface area contributed by atoms with E-state index in [1.54, 1.807) is 6.20 Å². The number of amides is 1. The Bertz CT molecular complexity index is 812. The number of aryl methyl sites for hydroxylation is 2. The fourth-order valence-corrected chi connectivity index (χ4v) is 4.11. The van der Waals surface area contributed by atoms with Crippen molar-refractivity contribution in [3.05, 3.63) is 29.5 Å². The van der Waals surface area contributed by atoms with Gasteiger partial charge in [-0.25, -0.2) is 15.0 Å². The minimum atomic E-state index is 0.0191. The topological polar surface area (TPSA) is 84.0 Å². The summed E-state index contributed by atoms with van der Waals surface area (Å²) in [6, 6.07) is 2.01. The van der Waals surface area contributed by atoms with E-state index in [0.717, 1.165) is 61.6 Å². The van der Waals surface area contributed by atoms with Crippen LogP contribution in [0.15, 0.2) is 12.3 Å². The number of rotatable bonds is 3. The average Bonchev–Trinajstić information content (AvgIpc) is 3.14. The molecule has 0 radical (unpaired) electrons. The molecule has 4 heterocycles. The van der Waals surface area contributed by atoms with Gasteiger partial charge in [-0.05, 0) is 52.0 Å². The fourth-order valence-electron chi connectivity index (χ4n) is 4.11. The van der Waals surface area contributed by atoms with E-state index in [2.05, 4.69) is 19.9 Å². The third-order valence-corrected chi connectivity index (χ3v) is 5.50. The Hall–Kier alpha value is -2.28. The second-order valence-electron chi connectivity index (χ2n) is 7.57. The van der Waals surface area contributed by atoms with Gasteiger partial charge in [0.05, 0.1) is 11.7 Å². The van der Waals surface area contributed by atoms with E-state index in [0.29, 0.717) is 19.0 Å². The molecule has 0 aliphatic carbocycles. The molecule has 2 aromatic rings. The van der Waals surface area contributed by atoms with Gasteiger partial charge in [0.25, 0.3) is 0 Å². The highest BCUT2D eigenvalue weighted by Gasteiger charge is 2.34. The van der Waals surface area contributed by atoms with Crippen molar-refractivity contribution in [1.29, 1.82) is 0 Å². The number of nitrogens with zero attached hydrogens (tertiary/aromatic N) is 4. The molecule has 0 bridgehead atoms. The Morgan fingerprint density at radius 3 is 2.74 bits per heavy atom. The lowest BCUT2D eigenvalue weighted by Crippen LogP contribution is -2.43. The highest BCUT2D eigenvalue weighted by atomic mass is 16.5. The number of likely N-dealkylation sites (tertiary alicyclic amines) is 1. The molecule has 2 aliphatic rings. The predicted molar refractivity (Wildman–Crippen MR) is 101 cm³/mol. The second-order valence-corrected chi connectivity index (χ2v) is 7.57. The van der Waals surface area contributed by atoms with Gasteiger partial charge in [-0.1, -0.05) is 0 Å². The minimum Gasteiger partial charge on any atom is -0.381 e. The van der Waals surface area contributed by atoms with Crippen LogP contribution in [0.2, 0.25) is 0 Å². The normalized spacial score (nSPS) is 21.4. The molecule has 1 N–H and O–H groups in total. The minimum absolute atomic E-state index is 0.0191. The number of aromatic nitrogens is 4. The van der Waals surface area contributed by atoms with Gasteiger partial charge in [0, 0.05) is 37.6 Å². The number of ether oxygens (including phenoxy) is 1. The van der Waals surface area contributed by atoms with Crippen molar-refractivity contribution < 1.29 is 9.53 Å². The molecule has 4 rings (SSSR count). The van der Waals surface area contributed by atoms with E-state index >= 15 is 0 Å². The van der Waals surface area contributed by atoms with Crippen LogP contribution < -0.4 is 0 Å².